The second kappa shape index (κ2) is 5.74. The number of carbonyl (C=O) groups is 1. The molecular formula is C16H17NO3. The van der Waals surface area contributed by atoms with Gasteiger partial charge < -0.3 is 9.84 Å². The number of nitrogens with zero attached hydrogens (tertiary/aromatic N) is 1. The van der Waals surface area contributed by atoms with Gasteiger partial charge in [-0.3, -0.25) is 0 Å². The number of hydrogen-bond donors (Lipinski definition) is 1. The van der Waals surface area contributed by atoms with Crippen LogP contribution in [0.1, 0.15) is 41.4 Å². The number of carboxylic acids is 1. The summed E-state index contributed by atoms with van der Waals surface area (Å²) in [5, 5.41) is 8.90. The van der Waals surface area contributed by atoms with E-state index in [1.165, 1.54) is 11.6 Å². The van der Waals surface area contributed by atoms with Crippen molar-refractivity contribution in [1.82, 2.24) is 4.98 Å². The number of ether oxygens (including phenoxy) is 1. The molecule has 0 unspecified atom stereocenters. The Morgan fingerprint density at radius 2 is 2.00 bits per heavy atom. The first-order valence-electron chi connectivity index (χ1n) is 6.46. The number of aryl methyl sites for hydroxylation is 1. The molecule has 0 saturated carbocycles. The molecule has 0 radical (unpaired) electrons. The first-order chi connectivity index (χ1) is 9.47. The van der Waals surface area contributed by atoms with Gasteiger partial charge in [-0.1, -0.05) is 26.0 Å². The molecule has 1 aromatic heterocycles. The van der Waals surface area contributed by atoms with Crippen LogP contribution in [-0.2, 0) is 0 Å². The van der Waals surface area contributed by atoms with Crippen LogP contribution in [0.3, 0.4) is 0 Å². The third kappa shape index (κ3) is 3.15. The zero-order valence-electron chi connectivity index (χ0n) is 11.8. The van der Waals surface area contributed by atoms with E-state index in [9.17, 15) is 4.79 Å². The molecular weight excluding hydrogens is 254 g/mol. The molecule has 0 aliphatic heterocycles. The molecule has 0 aliphatic carbocycles. The number of benzene rings is 1. The minimum atomic E-state index is -1.07. The molecule has 0 amide bonds. The van der Waals surface area contributed by atoms with Gasteiger partial charge in [0.2, 0.25) is 5.88 Å². The average molecular weight is 271 g/mol. The Hall–Kier alpha value is -2.36. The van der Waals surface area contributed by atoms with E-state index >= 15 is 0 Å². The molecule has 4 heteroatoms. The Balaban J connectivity index is 2.24. The summed E-state index contributed by atoms with van der Waals surface area (Å²) in [5.41, 5.74) is 2.38. The van der Waals surface area contributed by atoms with Crippen LogP contribution in [0.15, 0.2) is 36.4 Å². The number of pyridine rings is 1. The zero-order chi connectivity index (χ0) is 14.7. The normalized spacial score (nSPS) is 10.6. The van der Waals surface area contributed by atoms with Gasteiger partial charge in [0.15, 0.2) is 5.69 Å². The summed E-state index contributed by atoms with van der Waals surface area (Å²) in [5.74, 6) is 0.322. The maximum absolute atomic E-state index is 10.9. The van der Waals surface area contributed by atoms with Crippen LogP contribution < -0.4 is 4.74 Å². The highest BCUT2D eigenvalue weighted by atomic mass is 16.5. The number of aromatic carboxylic acids is 1. The van der Waals surface area contributed by atoms with Crippen molar-refractivity contribution >= 4 is 5.97 Å². The quantitative estimate of drug-likeness (QED) is 0.912. The van der Waals surface area contributed by atoms with Gasteiger partial charge >= 0.3 is 5.97 Å². The van der Waals surface area contributed by atoms with Crippen LogP contribution in [0.2, 0.25) is 0 Å². The highest BCUT2D eigenvalue weighted by Crippen LogP contribution is 2.26. The van der Waals surface area contributed by atoms with E-state index in [1.54, 1.807) is 12.1 Å². The third-order valence-electron chi connectivity index (χ3n) is 3.03. The average Bonchev–Trinajstić information content (AvgIpc) is 2.38. The first kappa shape index (κ1) is 14.1. The van der Waals surface area contributed by atoms with E-state index in [4.69, 9.17) is 9.84 Å². The van der Waals surface area contributed by atoms with E-state index in [0.717, 1.165) is 5.56 Å². The van der Waals surface area contributed by atoms with Gasteiger partial charge in [0.1, 0.15) is 5.75 Å². The fourth-order valence-electron chi connectivity index (χ4n) is 2.07. The molecule has 4 nitrogen and oxygen atoms in total. The van der Waals surface area contributed by atoms with Crippen LogP contribution in [-0.4, -0.2) is 16.1 Å². The molecule has 0 bridgehead atoms. The summed E-state index contributed by atoms with van der Waals surface area (Å²) in [4.78, 5) is 14.8. The maximum Gasteiger partial charge on any atom is 0.354 e. The molecule has 1 aromatic carbocycles. The van der Waals surface area contributed by atoms with Crippen molar-refractivity contribution in [2.75, 3.05) is 0 Å². The predicted molar refractivity (Wildman–Crippen MR) is 76.5 cm³/mol. The Bertz CT molecular complexity index is 635. The zero-order valence-corrected chi connectivity index (χ0v) is 11.8. The second-order valence-corrected chi connectivity index (χ2v) is 4.94. The van der Waals surface area contributed by atoms with Crippen LogP contribution in [0.4, 0.5) is 0 Å². The summed E-state index contributed by atoms with van der Waals surface area (Å²) in [6, 6.07) is 10.5. The lowest BCUT2D eigenvalue weighted by atomic mass is 9.98. The van der Waals surface area contributed by atoms with Crippen molar-refractivity contribution in [1.29, 1.82) is 0 Å². The Morgan fingerprint density at radius 1 is 1.25 bits per heavy atom. The third-order valence-corrected chi connectivity index (χ3v) is 3.03. The minimum absolute atomic E-state index is 0.0296. The number of rotatable bonds is 4. The predicted octanol–water partition coefficient (Wildman–Crippen LogP) is 4.00. The van der Waals surface area contributed by atoms with Crippen molar-refractivity contribution < 1.29 is 14.6 Å². The van der Waals surface area contributed by atoms with Crippen molar-refractivity contribution in [3.8, 4) is 11.6 Å². The molecule has 0 spiro atoms. The summed E-state index contributed by atoms with van der Waals surface area (Å²) < 4.78 is 5.61. The van der Waals surface area contributed by atoms with Crippen molar-refractivity contribution in [2.45, 2.75) is 26.7 Å². The summed E-state index contributed by atoms with van der Waals surface area (Å²) in [6.45, 7) is 6.31. The molecule has 0 aliphatic rings. The summed E-state index contributed by atoms with van der Waals surface area (Å²) in [6.07, 6.45) is 0. The molecule has 1 N–H and O–H groups in total. The largest absolute Gasteiger partial charge is 0.477 e. The van der Waals surface area contributed by atoms with E-state index in [2.05, 4.69) is 18.8 Å². The molecule has 20 heavy (non-hydrogen) atoms. The smallest absolute Gasteiger partial charge is 0.354 e. The van der Waals surface area contributed by atoms with Gasteiger partial charge in [0.05, 0.1) is 0 Å². The molecule has 2 rings (SSSR count). The van der Waals surface area contributed by atoms with Gasteiger partial charge in [0.25, 0.3) is 0 Å². The Kier molecular flexibility index (Phi) is 4.03. The van der Waals surface area contributed by atoms with Crippen LogP contribution in [0.5, 0.6) is 11.6 Å². The number of carboxylic acid groups (broad SMARTS) is 1. The molecule has 0 fully saturated rings. The van der Waals surface area contributed by atoms with E-state index in [0.29, 0.717) is 11.7 Å². The van der Waals surface area contributed by atoms with Crippen LogP contribution in [0.25, 0.3) is 0 Å². The highest BCUT2D eigenvalue weighted by Gasteiger charge is 2.08. The Morgan fingerprint density at radius 3 is 2.60 bits per heavy atom. The van der Waals surface area contributed by atoms with Gasteiger partial charge in [-0.25, -0.2) is 9.78 Å². The van der Waals surface area contributed by atoms with E-state index < -0.39 is 5.97 Å². The highest BCUT2D eigenvalue weighted by molar-refractivity contribution is 5.85. The molecule has 2 aromatic rings. The van der Waals surface area contributed by atoms with Gasteiger partial charge in [-0.15, -0.1) is 0 Å². The standard InChI is InChI=1S/C16H17NO3/c1-10(2)13-8-7-12(9-11(13)3)20-15-6-4-5-14(17-15)16(18)19/h4-10H,1-3H3,(H,18,19). The van der Waals surface area contributed by atoms with Crippen molar-refractivity contribution in [3.05, 3.63) is 53.2 Å². The Labute approximate surface area is 118 Å². The minimum Gasteiger partial charge on any atom is -0.477 e. The van der Waals surface area contributed by atoms with E-state index in [1.807, 2.05) is 25.1 Å². The maximum atomic E-state index is 10.9. The molecule has 104 valence electrons. The molecule has 0 saturated heterocycles. The van der Waals surface area contributed by atoms with Crippen molar-refractivity contribution in [2.24, 2.45) is 0 Å². The van der Waals surface area contributed by atoms with Crippen molar-refractivity contribution in [3.63, 3.8) is 0 Å². The SMILES string of the molecule is Cc1cc(Oc2cccc(C(=O)O)n2)ccc1C(C)C. The second-order valence-electron chi connectivity index (χ2n) is 4.94. The lowest BCUT2D eigenvalue weighted by molar-refractivity contribution is 0.0689. The summed E-state index contributed by atoms with van der Waals surface area (Å²) in [7, 11) is 0. The topological polar surface area (TPSA) is 59.4 Å². The number of hydrogen-bond acceptors (Lipinski definition) is 3. The fraction of sp³-hybridized carbons (Fsp3) is 0.250. The molecule has 1 heterocycles. The lowest BCUT2D eigenvalue weighted by Crippen LogP contribution is -2.01. The van der Waals surface area contributed by atoms with Gasteiger partial charge in [-0.2, -0.15) is 0 Å². The molecule has 0 atom stereocenters. The summed E-state index contributed by atoms with van der Waals surface area (Å²) >= 11 is 0. The van der Waals surface area contributed by atoms with Gasteiger partial charge in [0, 0.05) is 6.07 Å². The van der Waals surface area contributed by atoms with Crippen LogP contribution in [0, 0.1) is 6.92 Å². The lowest BCUT2D eigenvalue weighted by Gasteiger charge is -2.12. The number of aromatic nitrogens is 1. The first-order valence-corrected chi connectivity index (χ1v) is 6.46. The van der Waals surface area contributed by atoms with Crippen LogP contribution >= 0.6 is 0 Å². The monoisotopic (exact) mass is 271 g/mol. The fourth-order valence-corrected chi connectivity index (χ4v) is 2.07. The van der Waals surface area contributed by atoms with E-state index in [-0.39, 0.29) is 11.6 Å². The van der Waals surface area contributed by atoms with Gasteiger partial charge in [-0.05, 0) is 42.2 Å².